The van der Waals surface area contributed by atoms with Gasteiger partial charge in [-0.25, -0.2) is 13.1 Å². The molecule has 0 aliphatic carbocycles. The minimum absolute atomic E-state index is 0.141. The molecule has 0 amide bonds. The van der Waals surface area contributed by atoms with Crippen LogP contribution < -0.4 is 14.2 Å². The van der Waals surface area contributed by atoms with Gasteiger partial charge in [0, 0.05) is 15.5 Å². The maximum Gasteiger partial charge on any atom is 0.242 e. The van der Waals surface area contributed by atoms with E-state index in [2.05, 4.69) is 36.6 Å². The highest BCUT2D eigenvalue weighted by atomic mass is 79.9. The summed E-state index contributed by atoms with van der Waals surface area (Å²) < 4.78 is 39.0. The second kappa shape index (κ2) is 7.65. The molecule has 2 rings (SSSR count). The molecule has 0 bridgehead atoms. The van der Waals surface area contributed by atoms with Crippen LogP contribution in [-0.2, 0) is 16.6 Å². The molecule has 8 heteroatoms. The highest BCUT2D eigenvalue weighted by molar-refractivity contribution is 9.11. The van der Waals surface area contributed by atoms with E-state index in [1.165, 1.54) is 7.11 Å². The smallest absolute Gasteiger partial charge is 0.242 e. The Bertz CT molecular complexity index is 809. The molecule has 23 heavy (non-hydrogen) atoms. The van der Waals surface area contributed by atoms with Gasteiger partial charge in [0.1, 0.15) is 0 Å². The second-order valence-electron chi connectivity index (χ2n) is 4.59. The number of benzene rings is 2. The molecule has 124 valence electrons. The number of rotatable bonds is 6. The lowest BCUT2D eigenvalue weighted by atomic mass is 10.2. The van der Waals surface area contributed by atoms with E-state index in [0.29, 0.717) is 20.4 Å². The summed E-state index contributed by atoms with van der Waals surface area (Å²) in [6, 6.07) is 10.2. The Balaban J connectivity index is 2.21. The maximum absolute atomic E-state index is 12.4. The van der Waals surface area contributed by atoms with Crippen molar-refractivity contribution in [2.24, 2.45) is 0 Å². The highest BCUT2D eigenvalue weighted by Gasteiger charge is 2.18. The molecule has 0 unspecified atom stereocenters. The minimum atomic E-state index is -3.65. The molecule has 0 aliphatic heterocycles. The molecule has 2 aromatic carbocycles. The summed E-state index contributed by atoms with van der Waals surface area (Å²) in [5.74, 6) is 1.14. The van der Waals surface area contributed by atoms with Crippen LogP contribution in [0.3, 0.4) is 0 Å². The van der Waals surface area contributed by atoms with Gasteiger partial charge in [-0.15, -0.1) is 0 Å². The Hall–Kier alpha value is -1.09. The Kier molecular flexibility index (Phi) is 6.07. The lowest BCUT2D eigenvalue weighted by Gasteiger charge is -2.11. The Labute approximate surface area is 152 Å². The monoisotopic (exact) mass is 463 g/mol. The third kappa shape index (κ3) is 4.47. The highest BCUT2D eigenvalue weighted by Crippen LogP contribution is 2.28. The predicted molar refractivity (Wildman–Crippen MR) is 95.4 cm³/mol. The van der Waals surface area contributed by atoms with Crippen molar-refractivity contribution in [2.75, 3.05) is 14.2 Å². The lowest BCUT2D eigenvalue weighted by Crippen LogP contribution is -2.23. The van der Waals surface area contributed by atoms with E-state index in [1.54, 1.807) is 43.5 Å². The van der Waals surface area contributed by atoms with Gasteiger partial charge in [-0.2, -0.15) is 0 Å². The van der Waals surface area contributed by atoms with Crippen molar-refractivity contribution >= 4 is 41.9 Å². The molecule has 1 N–H and O–H groups in total. The molecule has 2 aromatic rings. The topological polar surface area (TPSA) is 64.6 Å². The van der Waals surface area contributed by atoms with E-state index < -0.39 is 10.0 Å². The van der Waals surface area contributed by atoms with Crippen LogP contribution in [0.1, 0.15) is 5.56 Å². The number of nitrogens with one attached hydrogen (secondary N) is 1. The SMILES string of the molecule is COc1ccc(CNS(=O)(=O)c2cc(Br)ccc2Br)cc1OC. The van der Waals surface area contributed by atoms with Crippen molar-refractivity contribution in [3.05, 3.63) is 50.9 Å². The van der Waals surface area contributed by atoms with E-state index in [0.717, 1.165) is 5.56 Å². The maximum atomic E-state index is 12.4. The van der Waals surface area contributed by atoms with Crippen molar-refractivity contribution in [2.45, 2.75) is 11.4 Å². The number of halogens is 2. The van der Waals surface area contributed by atoms with Crippen molar-refractivity contribution in [3.63, 3.8) is 0 Å². The van der Waals surface area contributed by atoms with Crippen molar-refractivity contribution in [3.8, 4) is 11.5 Å². The average Bonchev–Trinajstić information content (AvgIpc) is 2.54. The summed E-state index contributed by atoms with van der Waals surface area (Å²) in [4.78, 5) is 0.173. The Morgan fingerprint density at radius 2 is 1.70 bits per heavy atom. The molecule has 0 spiro atoms. The van der Waals surface area contributed by atoms with Gasteiger partial charge in [0.05, 0.1) is 19.1 Å². The quantitative estimate of drug-likeness (QED) is 0.707. The molecule has 0 heterocycles. The molecule has 0 saturated heterocycles. The van der Waals surface area contributed by atoms with Crippen LogP contribution in [0.4, 0.5) is 0 Å². The Morgan fingerprint density at radius 1 is 1.00 bits per heavy atom. The van der Waals surface area contributed by atoms with Crippen LogP contribution in [0.2, 0.25) is 0 Å². The van der Waals surface area contributed by atoms with Gasteiger partial charge < -0.3 is 9.47 Å². The number of hydrogen-bond donors (Lipinski definition) is 1. The zero-order valence-corrected chi connectivity index (χ0v) is 16.5. The summed E-state index contributed by atoms with van der Waals surface area (Å²) in [5, 5.41) is 0. The third-order valence-electron chi connectivity index (χ3n) is 3.10. The molecule has 0 aromatic heterocycles. The van der Waals surface area contributed by atoms with Gasteiger partial charge in [0.15, 0.2) is 11.5 Å². The minimum Gasteiger partial charge on any atom is -0.493 e. The summed E-state index contributed by atoms with van der Waals surface area (Å²) >= 11 is 6.53. The fraction of sp³-hybridized carbons (Fsp3) is 0.200. The van der Waals surface area contributed by atoms with Gasteiger partial charge in [-0.05, 0) is 51.8 Å². The fourth-order valence-electron chi connectivity index (χ4n) is 1.93. The van der Waals surface area contributed by atoms with E-state index in [1.807, 2.05) is 0 Å². The fourth-order valence-corrected chi connectivity index (χ4v) is 4.45. The summed E-state index contributed by atoms with van der Waals surface area (Å²) in [7, 11) is -0.567. The molecule has 0 saturated carbocycles. The Morgan fingerprint density at radius 3 is 2.35 bits per heavy atom. The zero-order valence-electron chi connectivity index (χ0n) is 12.5. The largest absolute Gasteiger partial charge is 0.493 e. The summed E-state index contributed by atoms with van der Waals surface area (Å²) in [6.07, 6.45) is 0. The van der Waals surface area contributed by atoms with Gasteiger partial charge in [0.2, 0.25) is 10.0 Å². The van der Waals surface area contributed by atoms with E-state index in [9.17, 15) is 8.42 Å². The first-order valence-corrected chi connectivity index (χ1v) is 9.60. The van der Waals surface area contributed by atoms with Crippen LogP contribution in [0.5, 0.6) is 11.5 Å². The summed E-state index contributed by atoms with van der Waals surface area (Å²) in [5.41, 5.74) is 0.761. The van der Waals surface area contributed by atoms with Gasteiger partial charge in [0.25, 0.3) is 0 Å². The van der Waals surface area contributed by atoms with Gasteiger partial charge >= 0.3 is 0 Å². The van der Waals surface area contributed by atoms with Crippen molar-refractivity contribution in [1.82, 2.24) is 4.72 Å². The first-order chi connectivity index (χ1) is 10.9. The van der Waals surface area contributed by atoms with Crippen molar-refractivity contribution in [1.29, 1.82) is 0 Å². The number of sulfonamides is 1. The number of ether oxygens (including phenoxy) is 2. The third-order valence-corrected chi connectivity index (χ3v) is 5.99. The van der Waals surface area contributed by atoms with Crippen LogP contribution in [0, 0.1) is 0 Å². The molecule has 0 atom stereocenters. The van der Waals surface area contributed by atoms with Crippen LogP contribution >= 0.6 is 31.9 Å². The predicted octanol–water partition coefficient (Wildman–Crippen LogP) is 3.71. The first kappa shape index (κ1) is 18.3. The second-order valence-corrected chi connectivity index (χ2v) is 8.09. The van der Waals surface area contributed by atoms with Crippen LogP contribution in [0.25, 0.3) is 0 Å². The van der Waals surface area contributed by atoms with Crippen LogP contribution in [0.15, 0.2) is 50.2 Å². The number of hydrogen-bond acceptors (Lipinski definition) is 4. The van der Waals surface area contributed by atoms with Crippen LogP contribution in [-0.4, -0.2) is 22.6 Å². The van der Waals surface area contributed by atoms with Crippen molar-refractivity contribution < 1.29 is 17.9 Å². The molecular weight excluding hydrogens is 450 g/mol. The van der Waals surface area contributed by atoms with Gasteiger partial charge in [-0.1, -0.05) is 22.0 Å². The number of methoxy groups -OCH3 is 2. The first-order valence-electron chi connectivity index (χ1n) is 6.53. The molecule has 0 aliphatic rings. The molecule has 0 radical (unpaired) electrons. The molecular formula is C15H15Br2NO4S. The average molecular weight is 465 g/mol. The molecule has 0 fully saturated rings. The van der Waals surface area contributed by atoms with E-state index in [4.69, 9.17) is 9.47 Å². The lowest BCUT2D eigenvalue weighted by molar-refractivity contribution is 0.354. The van der Waals surface area contributed by atoms with Gasteiger partial charge in [-0.3, -0.25) is 0 Å². The van der Waals surface area contributed by atoms with E-state index in [-0.39, 0.29) is 11.4 Å². The standard InChI is InChI=1S/C15H15Br2NO4S/c1-21-13-6-3-10(7-14(13)22-2)9-18-23(19,20)15-8-11(16)4-5-12(15)17/h3-8,18H,9H2,1-2H3. The van der Waals surface area contributed by atoms with E-state index >= 15 is 0 Å². The zero-order chi connectivity index (χ0) is 17.0. The summed E-state index contributed by atoms with van der Waals surface area (Å²) in [6.45, 7) is 0.141. The molecule has 5 nitrogen and oxygen atoms in total. The normalized spacial score (nSPS) is 11.3.